The van der Waals surface area contributed by atoms with Gasteiger partial charge < -0.3 is 9.47 Å². The molecule has 192 valence electrons. The number of hydrogen-bond acceptors (Lipinski definition) is 10. The summed E-state index contributed by atoms with van der Waals surface area (Å²) in [4.78, 5) is 25.0. The molecule has 1 atom stereocenters. The fourth-order valence-corrected chi connectivity index (χ4v) is 4.49. The number of nitrogens with one attached hydrogen (secondary N) is 1. The summed E-state index contributed by atoms with van der Waals surface area (Å²) < 4.78 is 41.6. The molecule has 4 aromatic rings. The summed E-state index contributed by atoms with van der Waals surface area (Å²) in [6.07, 6.45) is 6.14. The Morgan fingerprint density at radius 3 is 2.22 bits per heavy atom. The molecular formula is C24H25N7O5S. The average Bonchev–Trinajstić information content (AvgIpc) is 3.29. The lowest BCUT2D eigenvalue weighted by Gasteiger charge is -2.18. The smallest absolute Gasteiger partial charge is 0.245 e. The van der Waals surface area contributed by atoms with E-state index in [1.54, 1.807) is 37.5 Å². The predicted molar refractivity (Wildman–Crippen MR) is 136 cm³/mol. The zero-order valence-electron chi connectivity index (χ0n) is 20.8. The first kappa shape index (κ1) is 25.7. The van der Waals surface area contributed by atoms with Gasteiger partial charge in [-0.1, -0.05) is 6.07 Å². The normalized spacial score (nSPS) is 12.1. The van der Waals surface area contributed by atoms with Crippen molar-refractivity contribution in [2.24, 2.45) is 0 Å². The van der Waals surface area contributed by atoms with Crippen LogP contribution in [0.5, 0.6) is 11.5 Å². The van der Waals surface area contributed by atoms with E-state index < -0.39 is 21.1 Å². The lowest BCUT2D eigenvalue weighted by molar-refractivity contribution is 0.0981. The number of ketones is 1. The number of Topliss-reactive ketones (excluding diaryl/α,β-unsaturated/α-hetero) is 1. The van der Waals surface area contributed by atoms with Crippen molar-refractivity contribution in [2.45, 2.75) is 26.0 Å². The third-order valence-electron chi connectivity index (χ3n) is 5.49. The molecule has 4 rings (SSSR count). The molecule has 0 aliphatic heterocycles. The first-order chi connectivity index (χ1) is 17.7. The number of anilines is 1. The van der Waals surface area contributed by atoms with Gasteiger partial charge in [-0.15, -0.1) is 10.2 Å². The van der Waals surface area contributed by atoms with Gasteiger partial charge in [0.1, 0.15) is 22.4 Å². The van der Waals surface area contributed by atoms with Crippen molar-refractivity contribution in [3.63, 3.8) is 0 Å². The van der Waals surface area contributed by atoms with Crippen LogP contribution < -0.4 is 14.2 Å². The molecule has 0 amide bonds. The molecule has 1 N–H and O–H groups in total. The first-order valence-corrected chi connectivity index (χ1v) is 12.6. The van der Waals surface area contributed by atoms with E-state index in [0.29, 0.717) is 22.7 Å². The van der Waals surface area contributed by atoms with Crippen molar-refractivity contribution in [1.29, 1.82) is 0 Å². The second-order valence-electron chi connectivity index (χ2n) is 8.18. The molecule has 0 saturated carbocycles. The number of hydrogen-bond donors (Lipinski definition) is 1. The van der Waals surface area contributed by atoms with Crippen LogP contribution in [0, 0.1) is 13.8 Å². The maximum atomic E-state index is 13.3. The number of carbonyl (C=O) groups excluding carboxylic acids is 1. The van der Waals surface area contributed by atoms with Crippen LogP contribution >= 0.6 is 0 Å². The maximum Gasteiger partial charge on any atom is 0.245 e. The second-order valence-corrected chi connectivity index (χ2v) is 10.2. The van der Waals surface area contributed by atoms with Crippen LogP contribution in [0.2, 0.25) is 0 Å². The summed E-state index contributed by atoms with van der Waals surface area (Å²) >= 11 is 0. The van der Waals surface area contributed by atoms with Gasteiger partial charge in [-0.2, -0.15) is 0 Å². The fraction of sp³-hybridized carbons (Fsp3) is 0.250. The van der Waals surface area contributed by atoms with Crippen molar-refractivity contribution in [1.82, 2.24) is 29.7 Å². The van der Waals surface area contributed by atoms with Crippen molar-refractivity contribution >= 4 is 21.8 Å². The van der Waals surface area contributed by atoms with Gasteiger partial charge in [0, 0.05) is 30.4 Å². The van der Waals surface area contributed by atoms with E-state index in [9.17, 15) is 13.2 Å². The van der Waals surface area contributed by atoms with Gasteiger partial charge >= 0.3 is 0 Å². The quantitative estimate of drug-likeness (QED) is 0.324. The zero-order chi connectivity index (χ0) is 26.7. The average molecular weight is 524 g/mol. The lowest BCUT2D eigenvalue weighted by Crippen LogP contribution is -2.34. The Bertz CT molecular complexity index is 1530. The summed E-state index contributed by atoms with van der Waals surface area (Å²) in [5.41, 5.74) is 2.52. The van der Waals surface area contributed by atoms with Gasteiger partial charge in [0.05, 0.1) is 14.2 Å². The molecule has 0 aliphatic carbocycles. The van der Waals surface area contributed by atoms with Crippen LogP contribution in [-0.2, 0) is 10.0 Å². The van der Waals surface area contributed by atoms with Gasteiger partial charge in [0.15, 0.2) is 11.6 Å². The van der Waals surface area contributed by atoms with Gasteiger partial charge in [-0.3, -0.25) is 19.1 Å². The lowest BCUT2D eigenvalue weighted by atomic mass is 10.2. The minimum atomic E-state index is -4.32. The fourth-order valence-electron chi connectivity index (χ4n) is 3.54. The predicted octanol–water partition coefficient (Wildman–Crippen LogP) is 2.77. The summed E-state index contributed by atoms with van der Waals surface area (Å²) in [6.45, 7) is 4.88. The van der Waals surface area contributed by atoms with Crippen LogP contribution in [0.25, 0.3) is 17.1 Å². The van der Waals surface area contributed by atoms with Gasteiger partial charge in [-0.05, 0) is 50.1 Å². The summed E-state index contributed by atoms with van der Waals surface area (Å²) in [7, 11) is -1.37. The molecule has 37 heavy (non-hydrogen) atoms. The Hall–Kier alpha value is -4.39. The minimum Gasteiger partial charge on any atom is -0.494 e. The highest BCUT2D eigenvalue weighted by molar-refractivity contribution is 7.94. The van der Waals surface area contributed by atoms with E-state index in [2.05, 4.69) is 29.9 Å². The van der Waals surface area contributed by atoms with Crippen LogP contribution in [-0.4, -0.2) is 63.4 Å². The van der Waals surface area contributed by atoms with E-state index >= 15 is 0 Å². The molecule has 12 nitrogen and oxygen atoms in total. The number of sulfonamides is 1. The van der Waals surface area contributed by atoms with Crippen LogP contribution in [0.15, 0.2) is 49.1 Å². The van der Waals surface area contributed by atoms with E-state index in [4.69, 9.17) is 9.47 Å². The van der Waals surface area contributed by atoms with Crippen molar-refractivity contribution in [3.8, 4) is 28.6 Å². The maximum absolute atomic E-state index is 13.3. The zero-order valence-corrected chi connectivity index (χ0v) is 21.6. The molecule has 0 spiro atoms. The number of nitrogens with zero attached hydrogens (tertiary/aromatic N) is 6. The molecule has 3 aromatic heterocycles. The molecular weight excluding hydrogens is 498 g/mol. The highest BCUT2D eigenvalue weighted by atomic mass is 32.2. The molecule has 3 heterocycles. The van der Waals surface area contributed by atoms with Crippen LogP contribution in [0.3, 0.4) is 0 Å². The Balaban J connectivity index is 1.84. The molecule has 1 aromatic carbocycles. The number of para-hydroxylation sites is 1. The molecule has 0 bridgehead atoms. The topological polar surface area (TPSA) is 151 Å². The number of ether oxygens (including phenoxy) is 2. The number of rotatable bonds is 9. The second kappa shape index (κ2) is 10.3. The van der Waals surface area contributed by atoms with Crippen molar-refractivity contribution in [3.05, 3.63) is 66.0 Å². The van der Waals surface area contributed by atoms with E-state index in [-0.39, 0.29) is 17.6 Å². The highest BCUT2D eigenvalue weighted by Crippen LogP contribution is 2.37. The first-order valence-electron chi connectivity index (χ1n) is 11.1. The van der Waals surface area contributed by atoms with Gasteiger partial charge in [0.2, 0.25) is 21.8 Å². The number of benzene rings is 1. The Labute approximate surface area is 213 Å². The monoisotopic (exact) mass is 523 g/mol. The number of methoxy groups -OCH3 is 2. The third-order valence-corrected chi connectivity index (χ3v) is 7.10. The molecule has 13 heteroatoms. The van der Waals surface area contributed by atoms with Crippen molar-refractivity contribution in [2.75, 3.05) is 18.9 Å². The van der Waals surface area contributed by atoms with Gasteiger partial charge in [0.25, 0.3) is 0 Å². The Morgan fingerprint density at radius 2 is 1.62 bits per heavy atom. The summed E-state index contributed by atoms with van der Waals surface area (Å²) in [5.74, 6) is -0.127. The highest BCUT2D eigenvalue weighted by Gasteiger charge is 2.33. The molecule has 0 aliphatic rings. The Morgan fingerprint density at radius 1 is 0.973 bits per heavy atom. The SMILES string of the molecule is COc1cccc(OC)c1-n1c(NS(=O)(=O)[C@@H](C)C(=O)c2ncc(C)cn2)nnc1-c1cncc(C)c1. The molecule has 0 unspecified atom stereocenters. The number of pyridine rings is 1. The van der Waals surface area contributed by atoms with Crippen LogP contribution in [0.1, 0.15) is 28.7 Å². The van der Waals surface area contributed by atoms with Crippen LogP contribution in [0.4, 0.5) is 5.95 Å². The third kappa shape index (κ3) is 5.11. The van der Waals surface area contributed by atoms with E-state index in [1.165, 1.54) is 38.1 Å². The van der Waals surface area contributed by atoms with E-state index in [0.717, 1.165) is 11.1 Å². The van der Waals surface area contributed by atoms with Crippen molar-refractivity contribution < 1.29 is 22.7 Å². The largest absolute Gasteiger partial charge is 0.494 e. The summed E-state index contributed by atoms with van der Waals surface area (Å²) in [6, 6.07) is 6.94. The Kier molecular flexibility index (Phi) is 7.16. The number of aryl methyl sites for hydroxylation is 2. The molecule has 0 saturated heterocycles. The number of aromatic nitrogens is 6. The van der Waals surface area contributed by atoms with Gasteiger partial charge in [-0.25, -0.2) is 18.4 Å². The standard InChI is InChI=1S/C24H25N7O5S/c1-14-9-17(13-25-10-14)23-28-29-24(31(23)20-18(35-4)7-6-8-19(20)36-5)30-37(33,34)16(3)21(32)22-26-11-15(2)12-27-22/h6-13,16H,1-5H3,(H,29,30)/t16-/m0/s1. The number of carbonyl (C=O) groups is 1. The summed E-state index contributed by atoms with van der Waals surface area (Å²) in [5, 5.41) is 6.81. The minimum absolute atomic E-state index is 0.177. The molecule has 0 radical (unpaired) electrons. The van der Waals surface area contributed by atoms with E-state index in [1.807, 2.05) is 13.0 Å². The molecule has 0 fully saturated rings.